The molecule has 0 saturated heterocycles. The number of hydrogen-bond acceptors (Lipinski definition) is 6. The first-order valence-corrected chi connectivity index (χ1v) is 12.0. The molecule has 0 fully saturated rings. The number of imidazole rings is 1. The van der Waals surface area contributed by atoms with Crippen molar-refractivity contribution in [3.05, 3.63) is 85.5 Å². The molecule has 0 aliphatic carbocycles. The standard InChI is InChI=1S/C29H26N8/c1-17(29(2,3)4)32-19-14-18(15-30-16-19)21-11-12-24-26(33-21)27(37-36-24)28-34-23-10-7-8-20(25(23)35-28)22-9-5-6-13-31-22/h5-16,32H,1H2,2-4H3,(H,34,35)(H,36,37). The van der Waals surface area contributed by atoms with Crippen LogP contribution >= 0.6 is 0 Å². The van der Waals surface area contributed by atoms with Crippen molar-refractivity contribution in [1.82, 2.24) is 35.1 Å². The molecule has 0 aliphatic rings. The number of para-hydroxylation sites is 1. The minimum Gasteiger partial charge on any atom is -0.358 e. The zero-order valence-corrected chi connectivity index (χ0v) is 20.9. The van der Waals surface area contributed by atoms with E-state index in [1.54, 1.807) is 18.6 Å². The molecule has 5 aromatic heterocycles. The van der Waals surface area contributed by atoms with E-state index in [0.717, 1.165) is 56.0 Å². The van der Waals surface area contributed by atoms with Crippen LogP contribution in [0.15, 0.2) is 85.5 Å². The molecule has 37 heavy (non-hydrogen) atoms. The maximum absolute atomic E-state index is 4.95. The van der Waals surface area contributed by atoms with Gasteiger partial charge in [0, 0.05) is 34.6 Å². The second-order valence-corrected chi connectivity index (χ2v) is 9.98. The van der Waals surface area contributed by atoms with Gasteiger partial charge in [-0.3, -0.25) is 15.1 Å². The zero-order valence-electron chi connectivity index (χ0n) is 20.9. The van der Waals surface area contributed by atoms with E-state index < -0.39 is 0 Å². The monoisotopic (exact) mass is 486 g/mol. The van der Waals surface area contributed by atoms with Crippen LogP contribution in [-0.4, -0.2) is 35.1 Å². The Hall–Kier alpha value is -4.85. The average molecular weight is 487 g/mol. The van der Waals surface area contributed by atoms with Crippen LogP contribution in [0, 0.1) is 5.41 Å². The topological polar surface area (TPSA) is 108 Å². The Morgan fingerprint density at radius 3 is 2.59 bits per heavy atom. The zero-order chi connectivity index (χ0) is 25.6. The molecule has 1 aromatic carbocycles. The number of H-pyrrole nitrogens is 2. The fourth-order valence-electron chi connectivity index (χ4n) is 4.11. The molecular formula is C29H26N8. The van der Waals surface area contributed by atoms with Gasteiger partial charge in [0.05, 0.1) is 39.8 Å². The van der Waals surface area contributed by atoms with Crippen LogP contribution in [0.4, 0.5) is 5.69 Å². The van der Waals surface area contributed by atoms with Crippen LogP contribution in [0.3, 0.4) is 0 Å². The summed E-state index contributed by atoms with van der Waals surface area (Å²) in [6, 6.07) is 17.8. The number of aromatic amines is 2. The number of nitrogens with one attached hydrogen (secondary N) is 3. The highest BCUT2D eigenvalue weighted by atomic mass is 15.1. The predicted octanol–water partition coefficient (Wildman–Crippen LogP) is 6.60. The molecule has 0 saturated carbocycles. The summed E-state index contributed by atoms with van der Waals surface area (Å²) in [6.45, 7) is 10.5. The first-order chi connectivity index (χ1) is 17.9. The van der Waals surface area contributed by atoms with Gasteiger partial charge in [-0.05, 0) is 36.4 Å². The molecule has 0 unspecified atom stereocenters. The van der Waals surface area contributed by atoms with Crippen molar-refractivity contribution in [2.45, 2.75) is 20.8 Å². The molecule has 0 spiro atoms. The van der Waals surface area contributed by atoms with Gasteiger partial charge >= 0.3 is 0 Å². The highest BCUT2D eigenvalue weighted by Crippen LogP contribution is 2.32. The summed E-state index contributed by atoms with van der Waals surface area (Å²) in [5, 5.41) is 11.0. The summed E-state index contributed by atoms with van der Waals surface area (Å²) in [5.74, 6) is 0.643. The molecule has 6 aromatic rings. The summed E-state index contributed by atoms with van der Waals surface area (Å²) in [7, 11) is 0. The second-order valence-electron chi connectivity index (χ2n) is 9.98. The van der Waals surface area contributed by atoms with Gasteiger partial charge in [-0.25, -0.2) is 9.97 Å². The molecule has 0 amide bonds. The Morgan fingerprint density at radius 1 is 0.892 bits per heavy atom. The minimum absolute atomic E-state index is 0.0676. The third-order valence-corrected chi connectivity index (χ3v) is 6.32. The molecule has 8 heteroatoms. The first-order valence-electron chi connectivity index (χ1n) is 12.0. The van der Waals surface area contributed by atoms with Gasteiger partial charge in [0.15, 0.2) is 11.5 Å². The van der Waals surface area contributed by atoms with E-state index in [9.17, 15) is 0 Å². The molecule has 0 bridgehead atoms. The number of anilines is 1. The lowest BCUT2D eigenvalue weighted by molar-refractivity contribution is 0.509. The molecule has 182 valence electrons. The number of benzene rings is 1. The number of aromatic nitrogens is 7. The summed E-state index contributed by atoms with van der Waals surface area (Å²) >= 11 is 0. The molecule has 0 radical (unpaired) electrons. The van der Waals surface area contributed by atoms with Crippen molar-refractivity contribution in [3.8, 4) is 34.0 Å². The summed E-state index contributed by atoms with van der Waals surface area (Å²) in [4.78, 5) is 22.2. The van der Waals surface area contributed by atoms with Gasteiger partial charge in [-0.1, -0.05) is 45.5 Å². The molecule has 8 nitrogen and oxygen atoms in total. The van der Waals surface area contributed by atoms with Gasteiger partial charge in [0.2, 0.25) is 0 Å². The lowest BCUT2D eigenvalue weighted by Crippen LogP contribution is -2.15. The van der Waals surface area contributed by atoms with E-state index >= 15 is 0 Å². The smallest absolute Gasteiger partial charge is 0.161 e. The Labute approximate surface area is 214 Å². The van der Waals surface area contributed by atoms with E-state index in [1.165, 1.54) is 0 Å². The number of pyridine rings is 3. The quantitative estimate of drug-likeness (QED) is 0.253. The van der Waals surface area contributed by atoms with Crippen LogP contribution in [0.1, 0.15) is 20.8 Å². The van der Waals surface area contributed by atoms with E-state index in [-0.39, 0.29) is 5.41 Å². The van der Waals surface area contributed by atoms with Crippen LogP contribution < -0.4 is 5.32 Å². The van der Waals surface area contributed by atoms with E-state index in [1.807, 2.05) is 54.6 Å². The molecule has 5 heterocycles. The van der Waals surface area contributed by atoms with Gasteiger partial charge < -0.3 is 10.3 Å². The summed E-state index contributed by atoms with van der Waals surface area (Å²) < 4.78 is 0. The summed E-state index contributed by atoms with van der Waals surface area (Å²) in [6.07, 6.45) is 5.38. The number of allylic oxidation sites excluding steroid dienone is 1. The number of nitrogens with zero attached hydrogens (tertiary/aromatic N) is 5. The van der Waals surface area contributed by atoms with Crippen molar-refractivity contribution in [2.24, 2.45) is 5.41 Å². The Balaban J connectivity index is 1.40. The molecule has 0 aliphatic heterocycles. The molecule has 6 rings (SSSR count). The van der Waals surface area contributed by atoms with Crippen LogP contribution in [0.2, 0.25) is 0 Å². The van der Waals surface area contributed by atoms with E-state index in [4.69, 9.17) is 9.97 Å². The van der Waals surface area contributed by atoms with Gasteiger partial charge in [0.1, 0.15) is 5.52 Å². The number of hydrogen-bond donors (Lipinski definition) is 3. The minimum atomic E-state index is -0.0676. The fraction of sp³-hybridized carbons (Fsp3) is 0.138. The molecule has 0 atom stereocenters. The lowest BCUT2D eigenvalue weighted by atomic mass is 9.93. The van der Waals surface area contributed by atoms with Crippen LogP contribution in [-0.2, 0) is 0 Å². The Bertz CT molecular complexity index is 1760. The van der Waals surface area contributed by atoms with Gasteiger partial charge in [-0.2, -0.15) is 5.10 Å². The third kappa shape index (κ3) is 4.23. The van der Waals surface area contributed by atoms with Crippen molar-refractivity contribution >= 4 is 27.8 Å². The average Bonchev–Trinajstić information content (AvgIpc) is 3.52. The Morgan fingerprint density at radius 2 is 1.78 bits per heavy atom. The van der Waals surface area contributed by atoms with E-state index in [2.05, 4.69) is 57.8 Å². The maximum atomic E-state index is 4.95. The van der Waals surface area contributed by atoms with E-state index in [0.29, 0.717) is 11.5 Å². The van der Waals surface area contributed by atoms with Crippen molar-refractivity contribution in [1.29, 1.82) is 0 Å². The number of fused-ring (bicyclic) bond motifs is 2. The second kappa shape index (κ2) is 8.67. The maximum Gasteiger partial charge on any atom is 0.161 e. The lowest BCUT2D eigenvalue weighted by Gasteiger charge is -2.23. The SMILES string of the molecule is C=C(Nc1cncc(-c2ccc3[nH]nc(-c4nc5c(-c6ccccn6)cccc5[nH]4)c3n2)c1)C(C)(C)C. The highest BCUT2D eigenvalue weighted by molar-refractivity contribution is 5.95. The molecule has 3 N–H and O–H groups in total. The normalized spacial score (nSPS) is 11.8. The van der Waals surface area contributed by atoms with Crippen LogP contribution in [0.5, 0.6) is 0 Å². The van der Waals surface area contributed by atoms with Crippen molar-refractivity contribution < 1.29 is 0 Å². The number of rotatable bonds is 5. The van der Waals surface area contributed by atoms with Crippen LogP contribution in [0.25, 0.3) is 56.1 Å². The predicted molar refractivity (Wildman–Crippen MR) is 148 cm³/mol. The largest absolute Gasteiger partial charge is 0.358 e. The summed E-state index contributed by atoms with van der Waals surface area (Å²) in [5.41, 5.74) is 9.19. The molecular weight excluding hydrogens is 460 g/mol. The fourth-order valence-corrected chi connectivity index (χ4v) is 4.11. The van der Waals surface area contributed by atoms with Crippen molar-refractivity contribution in [2.75, 3.05) is 5.32 Å². The highest BCUT2D eigenvalue weighted by Gasteiger charge is 2.18. The third-order valence-electron chi connectivity index (χ3n) is 6.32. The first kappa shape index (κ1) is 22.6. The Kier molecular flexibility index (Phi) is 5.30. The van der Waals surface area contributed by atoms with Gasteiger partial charge in [0.25, 0.3) is 0 Å². The van der Waals surface area contributed by atoms with Gasteiger partial charge in [-0.15, -0.1) is 0 Å². The van der Waals surface area contributed by atoms with Crippen molar-refractivity contribution in [3.63, 3.8) is 0 Å².